The van der Waals surface area contributed by atoms with Gasteiger partial charge in [-0.05, 0) is 30.7 Å². The minimum atomic E-state index is 0.0752. The zero-order valence-corrected chi connectivity index (χ0v) is 13.4. The average Bonchev–Trinajstić information content (AvgIpc) is 2.62. The summed E-state index contributed by atoms with van der Waals surface area (Å²) in [7, 11) is 0. The van der Waals surface area contributed by atoms with Crippen LogP contribution in [0, 0.1) is 6.92 Å². The molecule has 0 aliphatic carbocycles. The fourth-order valence-electron chi connectivity index (χ4n) is 2.65. The number of nitrogens with zero attached hydrogens (tertiary/aromatic N) is 3. The maximum atomic E-state index is 12.3. The Balaban J connectivity index is 1.55. The number of hydrogen-bond donors (Lipinski definition) is 0. The fourth-order valence-corrected chi connectivity index (χ4v) is 2.65. The normalized spacial score (nSPS) is 15.2. The molecule has 4 nitrogen and oxygen atoms in total. The van der Waals surface area contributed by atoms with Gasteiger partial charge in [0.2, 0.25) is 5.91 Å². The number of carbonyl (C=O) groups is 1. The first kappa shape index (κ1) is 15.3. The topological polar surface area (TPSA) is 36.4 Å². The summed E-state index contributed by atoms with van der Waals surface area (Å²) >= 11 is 0. The minimum absolute atomic E-state index is 0.0752. The lowest BCUT2D eigenvalue weighted by molar-refractivity contribution is -0.126. The van der Waals surface area contributed by atoms with E-state index in [2.05, 4.69) is 28.9 Å². The van der Waals surface area contributed by atoms with Crippen LogP contribution in [0.2, 0.25) is 0 Å². The molecule has 1 amide bonds. The zero-order valence-electron chi connectivity index (χ0n) is 13.4. The lowest BCUT2D eigenvalue weighted by Crippen LogP contribution is -2.48. The summed E-state index contributed by atoms with van der Waals surface area (Å²) in [4.78, 5) is 20.8. The van der Waals surface area contributed by atoms with E-state index in [0.717, 1.165) is 37.6 Å². The van der Waals surface area contributed by atoms with E-state index in [-0.39, 0.29) is 5.91 Å². The molecule has 1 aliphatic heterocycles. The summed E-state index contributed by atoms with van der Waals surface area (Å²) in [6.45, 7) is 5.16. The van der Waals surface area contributed by atoms with Crippen molar-refractivity contribution in [2.45, 2.75) is 6.92 Å². The second-order valence-corrected chi connectivity index (χ2v) is 5.74. The highest BCUT2D eigenvalue weighted by atomic mass is 16.2. The number of pyridine rings is 1. The monoisotopic (exact) mass is 307 g/mol. The lowest BCUT2D eigenvalue weighted by Gasteiger charge is -2.34. The molecule has 3 rings (SSSR count). The Morgan fingerprint density at radius 1 is 1.04 bits per heavy atom. The van der Waals surface area contributed by atoms with Crippen LogP contribution in [0.3, 0.4) is 0 Å². The Morgan fingerprint density at radius 2 is 1.78 bits per heavy atom. The molecule has 4 heteroatoms. The summed E-state index contributed by atoms with van der Waals surface area (Å²) in [6.07, 6.45) is 5.35. The smallest absolute Gasteiger partial charge is 0.246 e. The van der Waals surface area contributed by atoms with Gasteiger partial charge in [-0.3, -0.25) is 4.79 Å². The molecule has 0 atom stereocenters. The molecule has 1 aliphatic rings. The highest BCUT2D eigenvalue weighted by Gasteiger charge is 2.20. The first-order valence-electron chi connectivity index (χ1n) is 7.92. The lowest BCUT2D eigenvalue weighted by atomic mass is 10.1. The van der Waals surface area contributed by atoms with Crippen molar-refractivity contribution in [3.8, 4) is 0 Å². The van der Waals surface area contributed by atoms with E-state index in [1.54, 1.807) is 12.3 Å². The summed E-state index contributed by atoms with van der Waals surface area (Å²) in [6, 6.07) is 14.1. The Morgan fingerprint density at radius 3 is 2.43 bits per heavy atom. The van der Waals surface area contributed by atoms with Crippen LogP contribution in [-0.2, 0) is 4.79 Å². The van der Waals surface area contributed by atoms with Crippen LogP contribution in [-0.4, -0.2) is 42.0 Å². The quantitative estimate of drug-likeness (QED) is 0.818. The van der Waals surface area contributed by atoms with Crippen LogP contribution in [0.4, 0.5) is 5.82 Å². The van der Waals surface area contributed by atoms with Gasteiger partial charge in [0.25, 0.3) is 0 Å². The van der Waals surface area contributed by atoms with E-state index in [1.807, 2.05) is 41.3 Å². The van der Waals surface area contributed by atoms with Crippen LogP contribution in [0.1, 0.15) is 11.1 Å². The van der Waals surface area contributed by atoms with Gasteiger partial charge in [-0.1, -0.05) is 35.9 Å². The zero-order chi connectivity index (χ0) is 16.1. The number of anilines is 1. The van der Waals surface area contributed by atoms with Crippen LogP contribution in [0.5, 0.6) is 0 Å². The third-order valence-electron chi connectivity index (χ3n) is 4.06. The Bertz CT molecular complexity index is 672. The van der Waals surface area contributed by atoms with Crippen molar-refractivity contribution in [2.24, 2.45) is 0 Å². The van der Waals surface area contributed by atoms with Crippen LogP contribution >= 0.6 is 0 Å². The number of amides is 1. The van der Waals surface area contributed by atoms with E-state index in [9.17, 15) is 4.79 Å². The molecule has 0 N–H and O–H groups in total. The van der Waals surface area contributed by atoms with Crippen LogP contribution < -0.4 is 4.90 Å². The molecule has 2 aromatic rings. The summed E-state index contributed by atoms with van der Waals surface area (Å²) in [5.74, 6) is 1.06. The predicted molar refractivity (Wildman–Crippen MR) is 93.2 cm³/mol. The molecule has 1 aromatic heterocycles. The maximum absolute atomic E-state index is 12.3. The van der Waals surface area contributed by atoms with Gasteiger partial charge in [-0.25, -0.2) is 4.98 Å². The van der Waals surface area contributed by atoms with Crippen LogP contribution in [0.25, 0.3) is 6.08 Å². The Labute approximate surface area is 137 Å². The van der Waals surface area contributed by atoms with Gasteiger partial charge in [0.15, 0.2) is 0 Å². The summed E-state index contributed by atoms with van der Waals surface area (Å²) < 4.78 is 0. The molecule has 0 saturated carbocycles. The molecule has 0 spiro atoms. The third kappa shape index (κ3) is 3.97. The molecule has 118 valence electrons. The molecule has 23 heavy (non-hydrogen) atoms. The van der Waals surface area contributed by atoms with Gasteiger partial charge in [0.1, 0.15) is 5.82 Å². The molecule has 2 heterocycles. The fraction of sp³-hybridized carbons (Fsp3) is 0.263. The molecule has 1 aromatic carbocycles. The Kier molecular flexibility index (Phi) is 4.71. The van der Waals surface area contributed by atoms with E-state index in [0.29, 0.717) is 0 Å². The van der Waals surface area contributed by atoms with Crippen molar-refractivity contribution in [3.05, 3.63) is 65.9 Å². The van der Waals surface area contributed by atoms with E-state index < -0.39 is 0 Å². The van der Waals surface area contributed by atoms with Gasteiger partial charge in [0, 0.05) is 38.5 Å². The molecular weight excluding hydrogens is 286 g/mol. The maximum Gasteiger partial charge on any atom is 0.246 e. The second kappa shape index (κ2) is 7.09. The van der Waals surface area contributed by atoms with E-state index in [1.165, 1.54) is 5.56 Å². The van der Waals surface area contributed by atoms with Gasteiger partial charge < -0.3 is 9.80 Å². The highest BCUT2D eigenvalue weighted by molar-refractivity contribution is 5.91. The number of rotatable bonds is 3. The minimum Gasteiger partial charge on any atom is -0.353 e. The number of aromatic nitrogens is 1. The number of hydrogen-bond acceptors (Lipinski definition) is 3. The number of aryl methyl sites for hydroxylation is 1. The van der Waals surface area contributed by atoms with E-state index >= 15 is 0 Å². The SMILES string of the molecule is Cc1ccc(/C=C/C(=O)N2CCN(c3ccccn3)CC2)cc1. The molecule has 0 bridgehead atoms. The first-order valence-corrected chi connectivity index (χ1v) is 7.92. The van der Waals surface area contributed by atoms with Gasteiger partial charge in [0.05, 0.1) is 0 Å². The van der Waals surface area contributed by atoms with Crippen molar-refractivity contribution in [1.82, 2.24) is 9.88 Å². The van der Waals surface area contributed by atoms with Crippen LogP contribution in [0.15, 0.2) is 54.7 Å². The standard InChI is InChI=1S/C19H21N3O/c1-16-5-7-17(8-6-16)9-10-19(23)22-14-12-21(13-15-22)18-4-2-3-11-20-18/h2-11H,12-15H2,1H3/b10-9+. The van der Waals surface area contributed by atoms with E-state index in [4.69, 9.17) is 0 Å². The molecule has 0 radical (unpaired) electrons. The molecule has 0 unspecified atom stereocenters. The van der Waals surface area contributed by atoms with Crippen molar-refractivity contribution >= 4 is 17.8 Å². The second-order valence-electron chi connectivity index (χ2n) is 5.74. The van der Waals surface area contributed by atoms with Gasteiger partial charge in [-0.15, -0.1) is 0 Å². The number of carbonyl (C=O) groups excluding carboxylic acids is 1. The molecule has 1 saturated heterocycles. The van der Waals surface area contributed by atoms with Crippen molar-refractivity contribution in [3.63, 3.8) is 0 Å². The largest absolute Gasteiger partial charge is 0.353 e. The van der Waals surface area contributed by atoms with Gasteiger partial charge in [-0.2, -0.15) is 0 Å². The molecular formula is C19H21N3O. The third-order valence-corrected chi connectivity index (χ3v) is 4.06. The van der Waals surface area contributed by atoms with Crippen molar-refractivity contribution in [2.75, 3.05) is 31.1 Å². The predicted octanol–water partition coefficient (Wildman–Crippen LogP) is 2.75. The van der Waals surface area contributed by atoms with Crippen molar-refractivity contribution < 1.29 is 4.79 Å². The summed E-state index contributed by atoms with van der Waals surface area (Å²) in [5, 5.41) is 0. The average molecular weight is 307 g/mol. The Hall–Kier alpha value is -2.62. The summed E-state index contributed by atoms with van der Waals surface area (Å²) in [5.41, 5.74) is 2.27. The number of benzene rings is 1. The highest BCUT2D eigenvalue weighted by Crippen LogP contribution is 2.13. The van der Waals surface area contributed by atoms with Crippen molar-refractivity contribution in [1.29, 1.82) is 0 Å². The number of piperazine rings is 1. The molecule has 1 fully saturated rings. The first-order chi connectivity index (χ1) is 11.2. The van der Waals surface area contributed by atoms with Gasteiger partial charge >= 0.3 is 0 Å².